The lowest BCUT2D eigenvalue weighted by Crippen LogP contribution is -2.60. The van der Waals surface area contributed by atoms with Gasteiger partial charge in [0.1, 0.15) is 18.8 Å². The maximum atomic E-state index is 12.6. The number of benzene rings is 1. The van der Waals surface area contributed by atoms with E-state index < -0.39 is 12.1 Å². The van der Waals surface area contributed by atoms with Crippen molar-refractivity contribution in [2.45, 2.75) is 38.1 Å². The van der Waals surface area contributed by atoms with Gasteiger partial charge in [-0.1, -0.05) is 43.0 Å². The van der Waals surface area contributed by atoms with Gasteiger partial charge in [-0.3, -0.25) is 9.69 Å². The molecule has 1 aromatic carbocycles. The minimum atomic E-state index is -0.549. The average Bonchev–Trinajstić information content (AvgIpc) is 2.59. The highest BCUT2D eigenvalue weighted by Crippen LogP contribution is 2.34. The Balaban J connectivity index is 1.77. The molecule has 2 bridgehead atoms. The maximum absolute atomic E-state index is 12.6. The number of hydrogen-bond acceptors (Lipinski definition) is 4. The average molecular weight is 327 g/mol. The quantitative estimate of drug-likeness (QED) is 0.798. The zero-order valence-corrected chi connectivity index (χ0v) is 13.7. The first-order valence-electron chi connectivity index (χ1n) is 8.12. The third kappa shape index (κ3) is 3.12. The summed E-state index contributed by atoms with van der Waals surface area (Å²) < 4.78 is 11.2. The molecular weight excluding hydrogens is 306 g/mol. The first-order chi connectivity index (χ1) is 11.6. The minimum absolute atomic E-state index is 0.0981. The molecule has 3 rings (SSSR count). The zero-order valence-electron chi connectivity index (χ0n) is 13.7. The molecule has 5 heteroatoms. The topological polar surface area (TPSA) is 55.8 Å². The summed E-state index contributed by atoms with van der Waals surface area (Å²) in [5.41, 5.74) is 1.75. The smallest absolute Gasteiger partial charge is 0.411 e. The zero-order chi connectivity index (χ0) is 17.1. The lowest BCUT2D eigenvalue weighted by molar-refractivity contribution is -0.123. The second kappa shape index (κ2) is 7.01. The molecule has 0 unspecified atom stereocenters. The van der Waals surface area contributed by atoms with Crippen molar-refractivity contribution < 1.29 is 19.1 Å². The fraction of sp³-hybridized carbons (Fsp3) is 0.368. The van der Waals surface area contributed by atoms with Gasteiger partial charge in [-0.15, -0.1) is 0 Å². The number of fused-ring (bicyclic) bond motifs is 2. The van der Waals surface area contributed by atoms with Gasteiger partial charge in [0, 0.05) is 6.61 Å². The van der Waals surface area contributed by atoms with Gasteiger partial charge in [0.2, 0.25) is 0 Å². The highest BCUT2D eigenvalue weighted by Gasteiger charge is 2.46. The number of hydrogen-bond donors (Lipinski definition) is 0. The Morgan fingerprint density at radius 3 is 2.79 bits per heavy atom. The monoisotopic (exact) mass is 327 g/mol. The number of ether oxygens (including phenoxy) is 2. The van der Waals surface area contributed by atoms with Crippen molar-refractivity contribution in [2.75, 3.05) is 6.61 Å². The summed E-state index contributed by atoms with van der Waals surface area (Å²) in [5.74, 6) is -0.0981. The van der Waals surface area contributed by atoms with Gasteiger partial charge in [-0.25, -0.2) is 4.79 Å². The fourth-order valence-electron chi connectivity index (χ4n) is 3.23. The normalized spacial score (nSPS) is 25.7. The van der Waals surface area contributed by atoms with Crippen LogP contribution in [0.4, 0.5) is 4.79 Å². The van der Waals surface area contributed by atoms with Crippen LogP contribution in [0.2, 0.25) is 0 Å². The van der Waals surface area contributed by atoms with E-state index in [-0.39, 0.29) is 24.5 Å². The number of carbonyl (C=O) groups is 2. The van der Waals surface area contributed by atoms with E-state index >= 15 is 0 Å². The number of nitrogens with zero attached hydrogens (tertiary/aromatic N) is 1. The second-order valence-electron chi connectivity index (χ2n) is 5.95. The standard InChI is InChI=1S/C19H21NO4/c1-3-23-18-13(2)11-16-17(21)10-9-15(18)20(16)19(22)24-12-14-7-5-4-6-8-14/h4-10,15-16,18H,2-3,11-12H2,1H3/t15-,16-,18-/m0/s1. The molecule has 1 aromatic rings. The SMILES string of the molecule is C=C1C[C@H]2C(=O)C=C[C@@H]([C@H]1OCC)N2C(=O)OCc1ccccc1. The van der Waals surface area contributed by atoms with Crippen LogP contribution in [0.1, 0.15) is 18.9 Å². The van der Waals surface area contributed by atoms with Crippen molar-refractivity contribution in [3.8, 4) is 0 Å². The molecule has 2 aliphatic rings. The van der Waals surface area contributed by atoms with E-state index in [0.29, 0.717) is 13.0 Å². The summed E-state index contributed by atoms with van der Waals surface area (Å²) in [4.78, 5) is 26.3. The molecule has 0 N–H and O–H groups in total. The van der Waals surface area contributed by atoms with Crippen LogP contribution >= 0.6 is 0 Å². The molecule has 0 radical (unpaired) electrons. The van der Waals surface area contributed by atoms with E-state index in [0.717, 1.165) is 11.1 Å². The molecule has 0 saturated carbocycles. The molecule has 126 valence electrons. The predicted molar refractivity (Wildman–Crippen MR) is 89.4 cm³/mol. The number of rotatable bonds is 4. The minimum Gasteiger partial charge on any atom is -0.445 e. The summed E-state index contributed by atoms with van der Waals surface area (Å²) in [6.07, 6.45) is 2.86. The molecule has 0 aromatic heterocycles. The highest BCUT2D eigenvalue weighted by molar-refractivity contribution is 5.98. The van der Waals surface area contributed by atoms with Crippen LogP contribution in [0.3, 0.4) is 0 Å². The van der Waals surface area contributed by atoms with Gasteiger partial charge in [-0.05, 0) is 30.6 Å². The first-order valence-corrected chi connectivity index (χ1v) is 8.12. The summed E-state index contributed by atoms with van der Waals surface area (Å²) in [7, 11) is 0. The van der Waals surface area contributed by atoms with Crippen LogP contribution in [0.25, 0.3) is 0 Å². The molecule has 24 heavy (non-hydrogen) atoms. The van der Waals surface area contributed by atoms with Crippen LogP contribution in [0, 0.1) is 0 Å². The van der Waals surface area contributed by atoms with Crippen molar-refractivity contribution in [2.24, 2.45) is 0 Å². The van der Waals surface area contributed by atoms with E-state index in [1.165, 1.54) is 11.0 Å². The molecule has 5 nitrogen and oxygen atoms in total. The van der Waals surface area contributed by atoms with Crippen molar-refractivity contribution in [3.63, 3.8) is 0 Å². The van der Waals surface area contributed by atoms with Crippen LogP contribution < -0.4 is 0 Å². The summed E-state index contributed by atoms with van der Waals surface area (Å²) in [6.45, 7) is 6.61. The van der Waals surface area contributed by atoms with E-state index in [2.05, 4.69) is 6.58 Å². The van der Waals surface area contributed by atoms with Gasteiger partial charge < -0.3 is 9.47 Å². The van der Waals surface area contributed by atoms with Crippen LogP contribution in [-0.4, -0.2) is 41.6 Å². The Hall–Kier alpha value is -2.40. The second-order valence-corrected chi connectivity index (χ2v) is 5.95. The predicted octanol–water partition coefficient (Wildman–Crippen LogP) is 2.87. The van der Waals surface area contributed by atoms with Gasteiger partial charge in [0.15, 0.2) is 5.78 Å². The Morgan fingerprint density at radius 2 is 2.08 bits per heavy atom. The molecule has 0 aliphatic carbocycles. The van der Waals surface area contributed by atoms with Crippen LogP contribution in [0.5, 0.6) is 0 Å². The first kappa shape index (κ1) is 16.5. The molecule has 3 atom stereocenters. The van der Waals surface area contributed by atoms with E-state index in [1.807, 2.05) is 37.3 Å². The molecule has 1 fully saturated rings. The summed E-state index contributed by atoms with van der Waals surface area (Å²) in [6, 6.07) is 8.56. The highest BCUT2D eigenvalue weighted by atomic mass is 16.6. The van der Waals surface area contributed by atoms with Crippen molar-refractivity contribution in [1.29, 1.82) is 0 Å². The van der Waals surface area contributed by atoms with E-state index in [4.69, 9.17) is 9.47 Å². The number of piperidine rings is 1. The third-order valence-electron chi connectivity index (χ3n) is 4.37. The Morgan fingerprint density at radius 1 is 1.33 bits per heavy atom. The Kier molecular flexibility index (Phi) is 4.81. The van der Waals surface area contributed by atoms with Gasteiger partial charge in [0.05, 0.1) is 6.04 Å². The number of amides is 1. The Bertz CT molecular complexity index is 667. The molecule has 1 saturated heterocycles. The summed E-state index contributed by atoms with van der Waals surface area (Å²) >= 11 is 0. The van der Waals surface area contributed by atoms with Gasteiger partial charge >= 0.3 is 6.09 Å². The van der Waals surface area contributed by atoms with Crippen LogP contribution in [-0.2, 0) is 20.9 Å². The largest absolute Gasteiger partial charge is 0.445 e. The molecule has 2 aliphatic heterocycles. The lowest BCUT2D eigenvalue weighted by atomic mass is 9.83. The van der Waals surface area contributed by atoms with E-state index in [9.17, 15) is 9.59 Å². The summed E-state index contributed by atoms with van der Waals surface area (Å²) in [5, 5.41) is 0. The fourth-order valence-corrected chi connectivity index (χ4v) is 3.23. The molecule has 2 heterocycles. The van der Waals surface area contributed by atoms with Crippen molar-refractivity contribution in [1.82, 2.24) is 4.90 Å². The van der Waals surface area contributed by atoms with Crippen molar-refractivity contribution in [3.05, 3.63) is 60.2 Å². The Labute approximate surface area is 141 Å². The number of ketones is 1. The van der Waals surface area contributed by atoms with Gasteiger partial charge in [0.25, 0.3) is 0 Å². The molecule has 0 spiro atoms. The third-order valence-corrected chi connectivity index (χ3v) is 4.37. The van der Waals surface area contributed by atoms with Gasteiger partial charge in [-0.2, -0.15) is 0 Å². The lowest BCUT2D eigenvalue weighted by Gasteiger charge is -2.46. The molecular formula is C19H21NO4. The molecule has 1 amide bonds. The number of carbonyl (C=O) groups excluding carboxylic acids is 2. The van der Waals surface area contributed by atoms with E-state index in [1.54, 1.807) is 6.08 Å². The maximum Gasteiger partial charge on any atom is 0.411 e. The van der Waals surface area contributed by atoms with Crippen molar-refractivity contribution >= 4 is 11.9 Å². The van der Waals surface area contributed by atoms with Crippen LogP contribution in [0.15, 0.2) is 54.6 Å².